The molecule has 220 valence electrons. The number of alkyl halides is 6. The Morgan fingerprint density at radius 1 is 0.900 bits per heavy atom. The van der Waals surface area contributed by atoms with Crippen LogP contribution in [-0.4, -0.2) is 56.0 Å². The molecule has 2 amide bonds. The van der Waals surface area contributed by atoms with E-state index in [0.29, 0.717) is 36.8 Å². The lowest BCUT2D eigenvalue weighted by atomic mass is 9.97. The monoisotopic (exact) mass is 572 g/mol. The fourth-order valence-corrected chi connectivity index (χ4v) is 4.57. The van der Waals surface area contributed by atoms with E-state index in [1.807, 2.05) is 13.8 Å². The summed E-state index contributed by atoms with van der Waals surface area (Å²) in [5.74, 6) is -1.02. The van der Waals surface area contributed by atoms with Gasteiger partial charge in [-0.25, -0.2) is 0 Å². The van der Waals surface area contributed by atoms with Crippen LogP contribution in [0, 0.1) is 5.92 Å². The molecule has 1 fully saturated rings. The summed E-state index contributed by atoms with van der Waals surface area (Å²) in [5.41, 5.74) is -3.01. The Hall–Kier alpha value is -3.28. The molecule has 1 heterocycles. The third kappa shape index (κ3) is 8.12. The van der Waals surface area contributed by atoms with Gasteiger partial charge in [-0.1, -0.05) is 20.8 Å². The molecule has 3 rings (SSSR count). The van der Waals surface area contributed by atoms with E-state index in [-0.39, 0.29) is 17.3 Å². The van der Waals surface area contributed by atoms with E-state index in [9.17, 15) is 35.9 Å². The Balaban J connectivity index is 1.90. The van der Waals surface area contributed by atoms with Gasteiger partial charge in [-0.05, 0) is 68.2 Å². The molecule has 1 saturated heterocycles. The summed E-state index contributed by atoms with van der Waals surface area (Å²) in [6.07, 6.45) is -8.31. The van der Waals surface area contributed by atoms with Crippen LogP contribution < -0.4 is 15.5 Å². The molecule has 12 heteroatoms. The molecule has 0 aliphatic carbocycles. The average Bonchev–Trinajstić information content (AvgIpc) is 2.90. The third-order valence-corrected chi connectivity index (χ3v) is 7.08. The standard InChI is InChI=1S/C28H34F6N4O2/c1-4-37(5-2)13-10-35-26(40)23-17-22(6-7-24(23)38-11-8-18(3)9-12-38)36-25(39)19-14-20(27(29,30)31)16-21(15-19)28(32,33)34/h6-7,14-18H,4-5,8-13H2,1-3H3,(H,35,40)(H,36,39). The predicted octanol–water partition coefficient (Wildman–Crippen LogP) is 6.28. The molecule has 6 nitrogen and oxygen atoms in total. The number of carbonyl (C=O) groups excluding carboxylic acids is 2. The molecule has 2 N–H and O–H groups in total. The Morgan fingerprint density at radius 3 is 2.00 bits per heavy atom. The van der Waals surface area contributed by atoms with Crippen molar-refractivity contribution in [3.63, 3.8) is 0 Å². The number of piperidine rings is 1. The molecular formula is C28H34F6N4O2. The van der Waals surface area contributed by atoms with Crippen LogP contribution in [0.5, 0.6) is 0 Å². The Morgan fingerprint density at radius 2 is 1.48 bits per heavy atom. The molecule has 2 aromatic carbocycles. The van der Waals surface area contributed by atoms with Gasteiger partial charge < -0.3 is 20.4 Å². The van der Waals surface area contributed by atoms with Gasteiger partial charge in [0.05, 0.1) is 16.7 Å². The van der Waals surface area contributed by atoms with E-state index in [1.54, 1.807) is 6.07 Å². The van der Waals surface area contributed by atoms with Crippen LogP contribution >= 0.6 is 0 Å². The predicted molar refractivity (Wildman–Crippen MR) is 142 cm³/mol. The number of hydrogen-bond donors (Lipinski definition) is 2. The van der Waals surface area contributed by atoms with Crippen LogP contribution in [0.1, 0.15) is 65.5 Å². The Labute approximate surface area is 229 Å². The van der Waals surface area contributed by atoms with Gasteiger partial charge in [0, 0.05) is 43.1 Å². The van der Waals surface area contributed by atoms with E-state index in [0.717, 1.165) is 39.0 Å². The van der Waals surface area contributed by atoms with Crippen molar-refractivity contribution < 1.29 is 35.9 Å². The van der Waals surface area contributed by atoms with E-state index < -0.39 is 40.9 Å². The van der Waals surface area contributed by atoms with Crippen molar-refractivity contribution >= 4 is 23.2 Å². The zero-order valence-electron chi connectivity index (χ0n) is 22.7. The second-order valence-corrected chi connectivity index (χ2v) is 9.93. The van der Waals surface area contributed by atoms with Crippen molar-refractivity contribution in [1.29, 1.82) is 0 Å². The first-order valence-electron chi connectivity index (χ1n) is 13.2. The highest BCUT2D eigenvalue weighted by atomic mass is 19.4. The van der Waals surface area contributed by atoms with E-state index in [2.05, 4.69) is 27.4 Å². The number of carbonyl (C=O) groups is 2. The minimum atomic E-state index is -5.08. The number of amides is 2. The van der Waals surface area contributed by atoms with Gasteiger partial charge in [0.15, 0.2) is 0 Å². The summed E-state index contributed by atoms with van der Waals surface area (Å²) < 4.78 is 79.6. The van der Waals surface area contributed by atoms with Gasteiger partial charge >= 0.3 is 12.4 Å². The Bertz CT molecular complexity index is 1150. The molecule has 2 aromatic rings. The molecule has 0 aromatic heterocycles. The van der Waals surface area contributed by atoms with Gasteiger partial charge in [0.25, 0.3) is 11.8 Å². The fraction of sp³-hybridized carbons (Fsp3) is 0.500. The zero-order valence-corrected chi connectivity index (χ0v) is 22.7. The maximum atomic E-state index is 13.3. The van der Waals surface area contributed by atoms with Crippen molar-refractivity contribution in [2.45, 2.75) is 46.0 Å². The van der Waals surface area contributed by atoms with Crippen molar-refractivity contribution in [1.82, 2.24) is 10.2 Å². The second-order valence-electron chi connectivity index (χ2n) is 9.93. The lowest BCUT2D eigenvalue weighted by Crippen LogP contribution is -2.37. The molecule has 0 saturated carbocycles. The first-order valence-corrected chi connectivity index (χ1v) is 13.2. The maximum Gasteiger partial charge on any atom is 0.416 e. The molecule has 40 heavy (non-hydrogen) atoms. The molecule has 1 aliphatic heterocycles. The minimum Gasteiger partial charge on any atom is -0.371 e. The normalized spacial score (nSPS) is 14.9. The SMILES string of the molecule is CCN(CC)CCNC(=O)c1cc(NC(=O)c2cc(C(F)(F)F)cc(C(F)(F)F)c2)ccc1N1CCC(C)CC1. The second kappa shape index (κ2) is 12.9. The summed E-state index contributed by atoms with van der Waals surface area (Å²) in [6.45, 7) is 10.2. The van der Waals surface area contributed by atoms with Crippen molar-refractivity contribution in [2.75, 3.05) is 49.5 Å². The lowest BCUT2D eigenvalue weighted by Gasteiger charge is -2.33. The van der Waals surface area contributed by atoms with Gasteiger partial charge in [0.1, 0.15) is 0 Å². The summed E-state index contributed by atoms with van der Waals surface area (Å²) in [7, 11) is 0. The maximum absolute atomic E-state index is 13.3. The highest BCUT2D eigenvalue weighted by Gasteiger charge is 2.37. The molecule has 1 aliphatic rings. The first-order chi connectivity index (χ1) is 18.7. The molecule has 0 atom stereocenters. The van der Waals surface area contributed by atoms with Gasteiger partial charge in [0.2, 0.25) is 0 Å². The van der Waals surface area contributed by atoms with Gasteiger partial charge in [-0.15, -0.1) is 0 Å². The number of nitrogens with zero attached hydrogens (tertiary/aromatic N) is 2. The molecule has 0 radical (unpaired) electrons. The molecular weight excluding hydrogens is 538 g/mol. The summed E-state index contributed by atoms with van der Waals surface area (Å²) >= 11 is 0. The van der Waals surface area contributed by atoms with Gasteiger partial charge in [-0.3, -0.25) is 9.59 Å². The zero-order chi connectivity index (χ0) is 29.7. The van der Waals surface area contributed by atoms with Crippen LogP contribution in [0.2, 0.25) is 0 Å². The number of halogens is 6. The summed E-state index contributed by atoms with van der Waals surface area (Å²) in [5, 5.41) is 5.24. The van der Waals surface area contributed by atoms with Crippen molar-refractivity contribution in [3.05, 3.63) is 58.7 Å². The van der Waals surface area contributed by atoms with E-state index in [1.165, 1.54) is 12.1 Å². The average molecular weight is 573 g/mol. The van der Waals surface area contributed by atoms with Crippen molar-refractivity contribution in [2.24, 2.45) is 5.92 Å². The largest absolute Gasteiger partial charge is 0.416 e. The minimum absolute atomic E-state index is 0.0360. The third-order valence-electron chi connectivity index (χ3n) is 7.08. The number of benzene rings is 2. The number of rotatable bonds is 9. The molecule has 0 unspecified atom stereocenters. The molecule has 0 spiro atoms. The fourth-order valence-electron chi connectivity index (χ4n) is 4.57. The number of anilines is 2. The van der Waals surface area contributed by atoms with E-state index >= 15 is 0 Å². The highest BCUT2D eigenvalue weighted by Crippen LogP contribution is 2.36. The van der Waals surface area contributed by atoms with Crippen molar-refractivity contribution in [3.8, 4) is 0 Å². The number of hydrogen-bond acceptors (Lipinski definition) is 4. The van der Waals surface area contributed by atoms with E-state index in [4.69, 9.17) is 0 Å². The van der Waals surface area contributed by atoms with Crippen LogP contribution in [0.4, 0.5) is 37.7 Å². The topological polar surface area (TPSA) is 64.7 Å². The summed E-state index contributed by atoms with van der Waals surface area (Å²) in [4.78, 5) is 30.3. The van der Waals surface area contributed by atoms with Crippen LogP contribution in [0.25, 0.3) is 0 Å². The van der Waals surface area contributed by atoms with Crippen LogP contribution in [-0.2, 0) is 12.4 Å². The van der Waals surface area contributed by atoms with Crippen LogP contribution in [0.15, 0.2) is 36.4 Å². The lowest BCUT2D eigenvalue weighted by molar-refractivity contribution is -0.143. The highest BCUT2D eigenvalue weighted by molar-refractivity contribution is 6.06. The first kappa shape index (κ1) is 31.3. The quantitative estimate of drug-likeness (QED) is 0.347. The smallest absolute Gasteiger partial charge is 0.371 e. The number of likely N-dealkylation sites (N-methyl/N-ethyl adjacent to an activating group) is 1. The molecule has 0 bridgehead atoms. The van der Waals surface area contributed by atoms with Crippen LogP contribution in [0.3, 0.4) is 0 Å². The summed E-state index contributed by atoms with van der Waals surface area (Å²) in [6, 6.07) is 5.22. The number of nitrogens with one attached hydrogen (secondary N) is 2. The van der Waals surface area contributed by atoms with Gasteiger partial charge in [-0.2, -0.15) is 26.3 Å². The Kier molecular flexibility index (Phi) is 10.1.